The molecule has 0 saturated heterocycles. The van der Waals surface area contributed by atoms with Crippen molar-refractivity contribution in [2.24, 2.45) is 17.6 Å². The maximum Gasteiger partial charge on any atom is 0.146 e. The van der Waals surface area contributed by atoms with Crippen molar-refractivity contribution in [2.45, 2.75) is 38.6 Å². The van der Waals surface area contributed by atoms with Crippen molar-refractivity contribution in [1.82, 2.24) is 0 Å². The molecule has 19 heavy (non-hydrogen) atoms. The van der Waals surface area contributed by atoms with Crippen LogP contribution in [0.2, 0.25) is 0 Å². The van der Waals surface area contributed by atoms with Crippen LogP contribution in [0.15, 0.2) is 18.2 Å². The van der Waals surface area contributed by atoms with E-state index in [9.17, 15) is 4.39 Å². The Hall–Kier alpha value is -1.09. The fraction of sp³-hybridized carbons (Fsp3) is 0.625. The zero-order chi connectivity index (χ0) is 13.4. The fourth-order valence-electron chi connectivity index (χ4n) is 2.71. The summed E-state index contributed by atoms with van der Waals surface area (Å²) in [5, 5.41) is 0. The van der Waals surface area contributed by atoms with Crippen molar-refractivity contribution < 1.29 is 4.39 Å². The van der Waals surface area contributed by atoms with Gasteiger partial charge in [0.2, 0.25) is 0 Å². The van der Waals surface area contributed by atoms with Crippen LogP contribution in [-0.4, -0.2) is 13.1 Å². The Morgan fingerprint density at radius 3 is 2.26 bits per heavy atom. The molecule has 1 aromatic carbocycles. The molecule has 3 rings (SSSR count). The molecule has 2 N–H and O–H groups in total. The summed E-state index contributed by atoms with van der Waals surface area (Å²) in [5.74, 6) is 1.41. The van der Waals surface area contributed by atoms with E-state index < -0.39 is 0 Å². The van der Waals surface area contributed by atoms with E-state index >= 15 is 0 Å². The van der Waals surface area contributed by atoms with Gasteiger partial charge in [0, 0.05) is 19.1 Å². The van der Waals surface area contributed by atoms with Gasteiger partial charge in [-0.25, -0.2) is 4.39 Å². The number of halogens is 1. The van der Waals surface area contributed by atoms with E-state index in [2.05, 4.69) is 4.90 Å². The number of nitrogens with zero attached hydrogens (tertiary/aromatic N) is 1. The quantitative estimate of drug-likeness (QED) is 0.850. The summed E-state index contributed by atoms with van der Waals surface area (Å²) in [4.78, 5) is 2.27. The first-order valence-electron chi connectivity index (χ1n) is 7.44. The lowest BCUT2D eigenvalue weighted by Crippen LogP contribution is -2.30. The second-order valence-electron chi connectivity index (χ2n) is 6.26. The fourth-order valence-corrected chi connectivity index (χ4v) is 2.71. The van der Waals surface area contributed by atoms with Crippen LogP contribution < -0.4 is 10.6 Å². The van der Waals surface area contributed by atoms with E-state index in [1.807, 2.05) is 13.0 Å². The van der Waals surface area contributed by atoms with Crippen LogP contribution in [-0.2, 0) is 0 Å². The molecule has 0 amide bonds. The summed E-state index contributed by atoms with van der Waals surface area (Å²) in [6.45, 7) is 3.93. The molecular formula is C16H23FN2. The number of hydrogen-bond acceptors (Lipinski definition) is 2. The summed E-state index contributed by atoms with van der Waals surface area (Å²) >= 11 is 0. The lowest BCUT2D eigenvalue weighted by Gasteiger charge is -2.28. The first-order valence-corrected chi connectivity index (χ1v) is 7.44. The summed E-state index contributed by atoms with van der Waals surface area (Å²) in [7, 11) is 0. The van der Waals surface area contributed by atoms with Crippen molar-refractivity contribution in [3.8, 4) is 0 Å². The number of hydrogen-bond donors (Lipinski definition) is 1. The van der Waals surface area contributed by atoms with Gasteiger partial charge in [0.1, 0.15) is 5.82 Å². The number of para-hydroxylation sites is 1. The second-order valence-corrected chi connectivity index (χ2v) is 6.26. The molecule has 2 nitrogen and oxygen atoms in total. The number of benzene rings is 1. The minimum absolute atomic E-state index is 0.115. The van der Waals surface area contributed by atoms with Crippen molar-refractivity contribution in [2.75, 3.05) is 18.0 Å². The molecule has 3 heteroatoms. The number of nitrogens with two attached hydrogens (primary N) is 1. The van der Waals surface area contributed by atoms with Gasteiger partial charge >= 0.3 is 0 Å². The van der Waals surface area contributed by atoms with Gasteiger partial charge in [-0.3, -0.25) is 0 Å². The summed E-state index contributed by atoms with van der Waals surface area (Å²) in [6.07, 6.45) is 5.18. The second kappa shape index (κ2) is 5.12. The normalized spacial score (nSPS) is 20.4. The lowest BCUT2D eigenvalue weighted by molar-refractivity contribution is 0.595. The summed E-state index contributed by atoms with van der Waals surface area (Å²) in [6, 6.07) is 5.18. The maximum absolute atomic E-state index is 14.3. The zero-order valence-electron chi connectivity index (χ0n) is 11.6. The molecule has 2 fully saturated rings. The van der Waals surface area contributed by atoms with Gasteiger partial charge < -0.3 is 10.6 Å². The molecule has 0 aliphatic heterocycles. The van der Waals surface area contributed by atoms with E-state index in [4.69, 9.17) is 5.73 Å². The highest BCUT2D eigenvalue weighted by Crippen LogP contribution is 2.38. The van der Waals surface area contributed by atoms with Gasteiger partial charge in [0.05, 0.1) is 5.69 Å². The summed E-state index contributed by atoms with van der Waals surface area (Å²) in [5.41, 5.74) is 7.73. The van der Waals surface area contributed by atoms with Crippen molar-refractivity contribution in [3.05, 3.63) is 29.6 Å². The van der Waals surface area contributed by atoms with Crippen LogP contribution in [0, 0.1) is 17.7 Å². The topological polar surface area (TPSA) is 29.3 Å². The molecule has 1 aromatic rings. The van der Waals surface area contributed by atoms with Crippen LogP contribution in [0.5, 0.6) is 0 Å². The van der Waals surface area contributed by atoms with E-state index in [1.165, 1.54) is 25.7 Å². The van der Waals surface area contributed by atoms with Crippen LogP contribution in [0.4, 0.5) is 10.1 Å². The average Bonchev–Trinajstić information content (AvgIpc) is 3.23. The SMILES string of the molecule is CC(N)c1cccc(F)c1N(CC1CC1)CC1CC1. The molecule has 0 heterocycles. The van der Waals surface area contributed by atoms with Gasteiger partial charge in [-0.05, 0) is 56.1 Å². The minimum atomic E-state index is -0.119. The summed E-state index contributed by atoms with van der Waals surface area (Å²) < 4.78 is 14.3. The van der Waals surface area contributed by atoms with Gasteiger partial charge in [-0.2, -0.15) is 0 Å². The van der Waals surface area contributed by atoms with Crippen molar-refractivity contribution >= 4 is 5.69 Å². The van der Waals surface area contributed by atoms with Gasteiger partial charge in [0.15, 0.2) is 0 Å². The first-order chi connectivity index (χ1) is 9.15. The molecule has 0 aromatic heterocycles. The molecule has 1 unspecified atom stereocenters. The Labute approximate surface area is 114 Å². The monoisotopic (exact) mass is 262 g/mol. The minimum Gasteiger partial charge on any atom is -0.368 e. The first kappa shape index (κ1) is 12.9. The molecular weight excluding hydrogens is 239 g/mol. The van der Waals surface area contributed by atoms with Gasteiger partial charge in [-0.15, -0.1) is 0 Å². The zero-order valence-corrected chi connectivity index (χ0v) is 11.6. The van der Waals surface area contributed by atoms with Crippen LogP contribution in [0.1, 0.15) is 44.2 Å². The average molecular weight is 262 g/mol. The van der Waals surface area contributed by atoms with Crippen molar-refractivity contribution in [1.29, 1.82) is 0 Å². The number of anilines is 1. The highest BCUT2D eigenvalue weighted by molar-refractivity contribution is 5.56. The van der Waals surface area contributed by atoms with E-state index in [0.29, 0.717) is 0 Å². The van der Waals surface area contributed by atoms with Gasteiger partial charge in [0.25, 0.3) is 0 Å². The van der Waals surface area contributed by atoms with E-state index in [1.54, 1.807) is 12.1 Å². The Morgan fingerprint density at radius 2 is 1.79 bits per heavy atom. The standard InChI is InChI=1S/C16H23FN2/c1-11(18)14-3-2-4-15(17)16(14)19(9-12-5-6-12)10-13-7-8-13/h2-4,11-13H,5-10,18H2,1H3. The maximum atomic E-state index is 14.3. The highest BCUT2D eigenvalue weighted by Gasteiger charge is 2.31. The van der Waals surface area contributed by atoms with E-state index in [0.717, 1.165) is 36.2 Å². The highest BCUT2D eigenvalue weighted by atomic mass is 19.1. The van der Waals surface area contributed by atoms with Crippen molar-refractivity contribution in [3.63, 3.8) is 0 Å². The van der Waals surface area contributed by atoms with Crippen LogP contribution in [0.25, 0.3) is 0 Å². The Balaban J connectivity index is 1.89. The predicted octanol–water partition coefficient (Wildman–Crippen LogP) is 3.47. The lowest BCUT2D eigenvalue weighted by atomic mass is 10.0. The molecule has 2 aliphatic rings. The van der Waals surface area contributed by atoms with Crippen LogP contribution in [0.3, 0.4) is 0 Å². The third kappa shape index (κ3) is 3.08. The molecule has 0 radical (unpaired) electrons. The van der Waals surface area contributed by atoms with E-state index in [-0.39, 0.29) is 11.9 Å². The molecule has 2 aliphatic carbocycles. The number of rotatable bonds is 6. The molecule has 2 saturated carbocycles. The predicted molar refractivity (Wildman–Crippen MR) is 76.7 cm³/mol. The molecule has 1 atom stereocenters. The molecule has 104 valence electrons. The smallest absolute Gasteiger partial charge is 0.146 e. The molecule has 0 bridgehead atoms. The van der Waals surface area contributed by atoms with Crippen LogP contribution >= 0.6 is 0 Å². The largest absolute Gasteiger partial charge is 0.368 e. The van der Waals surface area contributed by atoms with Gasteiger partial charge in [-0.1, -0.05) is 12.1 Å². The third-order valence-electron chi connectivity index (χ3n) is 4.18. The third-order valence-corrected chi connectivity index (χ3v) is 4.18. The molecule has 0 spiro atoms. The Morgan fingerprint density at radius 1 is 1.21 bits per heavy atom. The Bertz CT molecular complexity index is 436. The Kier molecular flexibility index (Phi) is 3.48.